The van der Waals surface area contributed by atoms with Gasteiger partial charge in [0.2, 0.25) is 0 Å². The largest absolute Gasteiger partial charge is 0.460 e. The van der Waals surface area contributed by atoms with Crippen LogP contribution in [-0.4, -0.2) is 29.7 Å². The number of hydrogen-bond donors (Lipinski definition) is 1. The van der Waals surface area contributed by atoms with Gasteiger partial charge in [0.05, 0.1) is 5.92 Å². The van der Waals surface area contributed by atoms with E-state index in [4.69, 9.17) is 10.6 Å². The lowest BCUT2D eigenvalue weighted by Crippen LogP contribution is -2.33. The lowest BCUT2D eigenvalue weighted by Gasteiger charge is -2.24. The van der Waals surface area contributed by atoms with Crippen molar-refractivity contribution in [2.45, 2.75) is 52.6 Å². The van der Waals surface area contributed by atoms with Crippen LogP contribution in [0.3, 0.4) is 0 Å². The van der Waals surface area contributed by atoms with Crippen molar-refractivity contribution in [1.29, 1.82) is 0 Å². The zero-order valence-electron chi connectivity index (χ0n) is 11.5. The standard InChI is InChI=1S/C13H26N2O2/c1-5-6-7-10-8-15(14)9-11(10)12(16)17-13(2,3)4/h10-11H,5-9,14H2,1-4H3/t10-,11+/m1/s1. The second-order valence-electron chi connectivity index (χ2n) is 6.00. The van der Waals surface area contributed by atoms with Crippen molar-refractivity contribution in [2.24, 2.45) is 17.7 Å². The monoisotopic (exact) mass is 242 g/mol. The van der Waals surface area contributed by atoms with E-state index in [9.17, 15) is 4.79 Å². The van der Waals surface area contributed by atoms with Gasteiger partial charge in [0.15, 0.2) is 0 Å². The minimum absolute atomic E-state index is 0.0502. The molecule has 1 fully saturated rings. The van der Waals surface area contributed by atoms with Crippen LogP contribution in [0, 0.1) is 11.8 Å². The van der Waals surface area contributed by atoms with Gasteiger partial charge >= 0.3 is 5.97 Å². The highest BCUT2D eigenvalue weighted by Crippen LogP contribution is 2.28. The molecule has 17 heavy (non-hydrogen) atoms. The Hall–Kier alpha value is -0.610. The Morgan fingerprint density at radius 3 is 2.59 bits per heavy atom. The molecule has 1 rings (SSSR count). The predicted octanol–water partition coefficient (Wildman–Crippen LogP) is 1.94. The molecule has 0 aromatic carbocycles. The molecule has 0 unspecified atom stereocenters. The second kappa shape index (κ2) is 5.83. The molecule has 0 bridgehead atoms. The highest BCUT2D eigenvalue weighted by Gasteiger charge is 2.38. The number of hydrazine groups is 1. The molecule has 1 aliphatic rings. The third kappa shape index (κ3) is 4.64. The average Bonchev–Trinajstić information content (AvgIpc) is 2.54. The van der Waals surface area contributed by atoms with Crippen molar-refractivity contribution < 1.29 is 9.53 Å². The van der Waals surface area contributed by atoms with Gasteiger partial charge in [0.1, 0.15) is 5.60 Å². The number of esters is 1. The Labute approximate surface area is 104 Å². The number of hydrogen-bond acceptors (Lipinski definition) is 4. The SMILES string of the molecule is CCCC[C@@H]1CN(N)C[C@@H]1C(=O)OC(C)(C)C. The maximum atomic E-state index is 12.1. The predicted molar refractivity (Wildman–Crippen MR) is 68.1 cm³/mol. The third-order valence-corrected chi connectivity index (χ3v) is 3.11. The molecular weight excluding hydrogens is 216 g/mol. The summed E-state index contributed by atoms with van der Waals surface area (Å²) in [5, 5.41) is 1.74. The van der Waals surface area contributed by atoms with Crippen LogP contribution in [0.4, 0.5) is 0 Å². The van der Waals surface area contributed by atoms with E-state index in [1.54, 1.807) is 5.01 Å². The lowest BCUT2D eigenvalue weighted by atomic mass is 9.91. The molecule has 0 aromatic rings. The van der Waals surface area contributed by atoms with Crippen LogP contribution >= 0.6 is 0 Å². The molecule has 4 nitrogen and oxygen atoms in total. The molecule has 0 radical (unpaired) electrons. The van der Waals surface area contributed by atoms with Gasteiger partial charge in [0, 0.05) is 13.1 Å². The fraction of sp³-hybridized carbons (Fsp3) is 0.923. The Balaban J connectivity index is 2.57. The first kappa shape index (κ1) is 14.5. The molecular formula is C13H26N2O2. The highest BCUT2D eigenvalue weighted by atomic mass is 16.6. The summed E-state index contributed by atoms with van der Waals surface area (Å²) >= 11 is 0. The molecule has 2 N–H and O–H groups in total. The summed E-state index contributed by atoms with van der Waals surface area (Å²) in [5.74, 6) is 6.03. The van der Waals surface area contributed by atoms with Crippen molar-refractivity contribution in [3.05, 3.63) is 0 Å². The summed E-state index contributed by atoms with van der Waals surface area (Å²) in [7, 11) is 0. The quantitative estimate of drug-likeness (QED) is 0.604. The van der Waals surface area contributed by atoms with Crippen LogP contribution in [-0.2, 0) is 9.53 Å². The highest BCUT2D eigenvalue weighted by molar-refractivity contribution is 5.74. The van der Waals surface area contributed by atoms with Crippen LogP contribution in [0.15, 0.2) is 0 Å². The van der Waals surface area contributed by atoms with Crippen LogP contribution in [0.1, 0.15) is 47.0 Å². The molecule has 0 aliphatic carbocycles. The molecule has 1 saturated heterocycles. The van der Waals surface area contributed by atoms with Gasteiger partial charge in [-0.3, -0.25) is 10.6 Å². The lowest BCUT2D eigenvalue weighted by molar-refractivity contribution is -0.160. The summed E-state index contributed by atoms with van der Waals surface area (Å²) < 4.78 is 5.46. The topological polar surface area (TPSA) is 55.6 Å². The fourth-order valence-electron chi connectivity index (χ4n) is 2.31. The maximum absolute atomic E-state index is 12.1. The number of carbonyl (C=O) groups is 1. The van der Waals surface area contributed by atoms with Crippen molar-refractivity contribution >= 4 is 5.97 Å². The molecule has 0 saturated carbocycles. The molecule has 100 valence electrons. The van der Waals surface area contributed by atoms with Crippen LogP contribution in [0.2, 0.25) is 0 Å². The van der Waals surface area contributed by atoms with Gasteiger partial charge in [-0.25, -0.2) is 5.01 Å². The average molecular weight is 242 g/mol. The molecule has 0 amide bonds. The second-order valence-corrected chi connectivity index (χ2v) is 6.00. The first-order valence-electron chi connectivity index (χ1n) is 6.56. The number of unbranched alkanes of at least 4 members (excludes halogenated alkanes) is 1. The van der Waals surface area contributed by atoms with Gasteiger partial charge in [-0.15, -0.1) is 0 Å². The summed E-state index contributed by atoms with van der Waals surface area (Å²) in [6, 6.07) is 0. The minimum atomic E-state index is -0.408. The van der Waals surface area contributed by atoms with E-state index in [1.807, 2.05) is 20.8 Å². The molecule has 2 atom stereocenters. The maximum Gasteiger partial charge on any atom is 0.311 e. The van der Waals surface area contributed by atoms with Gasteiger partial charge in [0.25, 0.3) is 0 Å². The van der Waals surface area contributed by atoms with Gasteiger partial charge < -0.3 is 4.74 Å². The zero-order chi connectivity index (χ0) is 13.1. The zero-order valence-corrected chi connectivity index (χ0v) is 11.5. The normalized spacial score (nSPS) is 26.2. The molecule has 0 spiro atoms. The van der Waals surface area contributed by atoms with E-state index in [0.29, 0.717) is 12.5 Å². The van der Waals surface area contributed by atoms with Crippen molar-refractivity contribution in [2.75, 3.05) is 13.1 Å². The van der Waals surface area contributed by atoms with Gasteiger partial charge in [-0.05, 0) is 33.1 Å². The number of carbonyl (C=O) groups excluding carboxylic acids is 1. The Morgan fingerprint density at radius 2 is 2.06 bits per heavy atom. The van der Waals surface area contributed by atoms with Gasteiger partial charge in [-0.1, -0.05) is 19.8 Å². The Bertz CT molecular complexity index is 261. The van der Waals surface area contributed by atoms with E-state index in [0.717, 1.165) is 25.8 Å². The smallest absolute Gasteiger partial charge is 0.311 e. The first-order valence-corrected chi connectivity index (χ1v) is 6.56. The van der Waals surface area contributed by atoms with E-state index in [-0.39, 0.29) is 11.9 Å². The number of ether oxygens (including phenoxy) is 1. The minimum Gasteiger partial charge on any atom is -0.460 e. The van der Waals surface area contributed by atoms with Gasteiger partial charge in [-0.2, -0.15) is 0 Å². The van der Waals surface area contributed by atoms with E-state index in [1.165, 1.54) is 0 Å². The van der Waals surface area contributed by atoms with Crippen LogP contribution < -0.4 is 5.84 Å². The summed E-state index contributed by atoms with van der Waals surface area (Å²) in [5.41, 5.74) is -0.408. The number of nitrogens with two attached hydrogens (primary N) is 1. The molecule has 0 aromatic heterocycles. The van der Waals surface area contributed by atoms with E-state index in [2.05, 4.69) is 6.92 Å². The Kier molecular flexibility index (Phi) is 4.95. The first-order chi connectivity index (χ1) is 7.83. The van der Waals surface area contributed by atoms with Crippen molar-refractivity contribution in [3.8, 4) is 0 Å². The summed E-state index contributed by atoms with van der Waals surface area (Å²) in [6.45, 7) is 9.31. The molecule has 1 heterocycles. The van der Waals surface area contributed by atoms with E-state index >= 15 is 0 Å². The number of nitrogens with zero attached hydrogens (tertiary/aromatic N) is 1. The molecule has 4 heteroatoms. The third-order valence-electron chi connectivity index (χ3n) is 3.11. The van der Waals surface area contributed by atoms with Crippen LogP contribution in [0.5, 0.6) is 0 Å². The van der Waals surface area contributed by atoms with E-state index < -0.39 is 5.60 Å². The molecule has 1 aliphatic heterocycles. The summed E-state index contributed by atoms with van der Waals surface area (Å²) in [4.78, 5) is 12.1. The number of rotatable bonds is 4. The van der Waals surface area contributed by atoms with Crippen LogP contribution in [0.25, 0.3) is 0 Å². The van der Waals surface area contributed by atoms with Crippen molar-refractivity contribution in [1.82, 2.24) is 5.01 Å². The summed E-state index contributed by atoms with van der Waals surface area (Å²) in [6.07, 6.45) is 3.37. The fourth-order valence-corrected chi connectivity index (χ4v) is 2.31. The Morgan fingerprint density at radius 1 is 1.41 bits per heavy atom. The van der Waals surface area contributed by atoms with Crippen molar-refractivity contribution in [3.63, 3.8) is 0 Å².